The Hall–Kier alpha value is 0.320. The molecule has 4 heteroatoms. The molecule has 0 spiro atoms. The summed E-state index contributed by atoms with van der Waals surface area (Å²) in [7, 11) is 0. The largest absolute Gasteiger partial charge is 0.366 e. The molecule has 0 N–H and O–H groups in total. The first-order chi connectivity index (χ1) is 6.23. The zero-order valence-electron chi connectivity index (χ0n) is 7.50. The summed E-state index contributed by atoms with van der Waals surface area (Å²) in [6, 6.07) is 0. The second-order valence-corrected chi connectivity index (χ2v) is 5.31. The SMILES string of the molecule is CC1(CI)CCC(c2cncs2)O1. The maximum absolute atomic E-state index is 6.01. The molecule has 0 aromatic carbocycles. The number of thiazole rings is 1. The van der Waals surface area contributed by atoms with Crippen molar-refractivity contribution in [3.8, 4) is 0 Å². The highest BCUT2D eigenvalue weighted by Crippen LogP contribution is 2.41. The zero-order chi connectivity index (χ0) is 9.31. The van der Waals surface area contributed by atoms with Crippen molar-refractivity contribution in [2.75, 3.05) is 4.43 Å². The van der Waals surface area contributed by atoms with Crippen molar-refractivity contribution in [3.63, 3.8) is 0 Å². The number of hydrogen-bond donors (Lipinski definition) is 0. The molecule has 0 radical (unpaired) electrons. The highest BCUT2D eigenvalue weighted by molar-refractivity contribution is 14.1. The van der Waals surface area contributed by atoms with Crippen molar-refractivity contribution >= 4 is 33.9 Å². The first-order valence-corrected chi connectivity index (χ1v) is 6.76. The topological polar surface area (TPSA) is 22.1 Å². The van der Waals surface area contributed by atoms with Gasteiger partial charge in [0.2, 0.25) is 0 Å². The van der Waals surface area contributed by atoms with Crippen molar-refractivity contribution in [3.05, 3.63) is 16.6 Å². The number of rotatable bonds is 2. The van der Waals surface area contributed by atoms with Gasteiger partial charge in [0.1, 0.15) is 0 Å². The number of hydrogen-bond acceptors (Lipinski definition) is 3. The Morgan fingerprint density at radius 2 is 2.69 bits per heavy atom. The van der Waals surface area contributed by atoms with Gasteiger partial charge in [-0.2, -0.15) is 0 Å². The van der Waals surface area contributed by atoms with Crippen molar-refractivity contribution in [1.29, 1.82) is 0 Å². The summed E-state index contributed by atoms with van der Waals surface area (Å²) in [5.74, 6) is 0. The molecule has 1 aliphatic rings. The molecule has 1 aliphatic heterocycles. The quantitative estimate of drug-likeness (QED) is 0.618. The fourth-order valence-electron chi connectivity index (χ4n) is 1.58. The molecule has 13 heavy (non-hydrogen) atoms. The summed E-state index contributed by atoms with van der Waals surface area (Å²) in [5.41, 5.74) is 1.97. The van der Waals surface area contributed by atoms with E-state index in [1.165, 1.54) is 11.3 Å². The molecule has 1 fully saturated rings. The molecule has 2 heterocycles. The van der Waals surface area contributed by atoms with Crippen LogP contribution in [0.1, 0.15) is 30.7 Å². The average molecular weight is 309 g/mol. The van der Waals surface area contributed by atoms with Crippen LogP contribution >= 0.6 is 33.9 Å². The molecule has 72 valence electrons. The fraction of sp³-hybridized carbons (Fsp3) is 0.667. The van der Waals surface area contributed by atoms with Crippen LogP contribution in [0.15, 0.2) is 11.7 Å². The number of halogens is 1. The van der Waals surface area contributed by atoms with Crippen molar-refractivity contribution in [2.45, 2.75) is 31.5 Å². The van der Waals surface area contributed by atoms with Gasteiger partial charge in [0, 0.05) is 10.6 Å². The van der Waals surface area contributed by atoms with E-state index in [9.17, 15) is 0 Å². The van der Waals surface area contributed by atoms with Crippen molar-refractivity contribution in [2.24, 2.45) is 0 Å². The van der Waals surface area contributed by atoms with Crippen LogP contribution in [0.2, 0.25) is 0 Å². The second-order valence-electron chi connectivity index (χ2n) is 3.63. The Kier molecular flexibility index (Phi) is 2.90. The lowest BCUT2D eigenvalue weighted by atomic mass is 10.1. The van der Waals surface area contributed by atoms with Gasteiger partial charge >= 0.3 is 0 Å². The van der Waals surface area contributed by atoms with Gasteiger partial charge in [0.15, 0.2) is 0 Å². The number of alkyl halides is 1. The van der Waals surface area contributed by atoms with Gasteiger partial charge in [-0.1, -0.05) is 22.6 Å². The molecule has 2 nitrogen and oxygen atoms in total. The number of nitrogens with zero attached hydrogens (tertiary/aromatic N) is 1. The summed E-state index contributed by atoms with van der Waals surface area (Å²) < 4.78 is 7.07. The minimum absolute atomic E-state index is 0.0925. The van der Waals surface area contributed by atoms with Crippen molar-refractivity contribution < 1.29 is 4.74 Å². The third-order valence-corrected chi connectivity index (χ3v) is 4.89. The normalized spacial score (nSPS) is 33.8. The molecule has 2 atom stereocenters. The number of aromatic nitrogens is 1. The minimum Gasteiger partial charge on any atom is -0.366 e. The van der Waals surface area contributed by atoms with Crippen LogP contribution in [0.5, 0.6) is 0 Å². The monoisotopic (exact) mass is 309 g/mol. The van der Waals surface area contributed by atoms with Crippen molar-refractivity contribution in [1.82, 2.24) is 4.98 Å². The lowest BCUT2D eigenvalue weighted by Crippen LogP contribution is -2.24. The molecule has 2 unspecified atom stereocenters. The van der Waals surface area contributed by atoms with E-state index in [1.807, 2.05) is 11.7 Å². The second kappa shape index (κ2) is 3.82. The summed E-state index contributed by atoms with van der Waals surface area (Å²) in [5, 5.41) is 0. The predicted octanol–water partition coefficient (Wildman–Crippen LogP) is 3.19. The van der Waals surface area contributed by atoms with E-state index in [-0.39, 0.29) is 5.60 Å². The molecule has 2 rings (SSSR count). The van der Waals surface area contributed by atoms with E-state index in [0.717, 1.165) is 10.8 Å². The van der Waals surface area contributed by atoms with Crippen LogP contribution in [-0.4, -0.2) is 15.0 Å². The van der Waals surface area contributed by atoms with Gasteiger partial charge in [-0.15, -0.1) is 11.3 Å². The molecular formula is C9H12INOS. The third-order valence-electron chi connectivity index (χ3n) is 2.41. The third kappa shape index (κ3) is 2.05. The molecule has 1 saturated heterocycles. The summed E-state index contributed by atoms with van der Waals surface area (Å²) in [4.78, 5) is 5.35. The Bertz CT molecular complexity index is 277. The van der Waals surface area contributed by atoms with Crippen LogP contribution in [0.3, 0.4) is 0 Å². The maximum Gasteiger partial charge on any atom is 0.0941 e. The standard InChI is InChI=1S/C9H12INOS/c1-9(5-10)3-2-7(12-9)8-4-11-6-13-8/h4,6-7H,2-3,5H2,1H3. The zero-order valence-corrected chi connectivity index (χ0v) is 10.5. The van der Waals surface area contributed by atoms with E-state index in [4.69, 9.17) is 4.74 Å². The van der Waals surface area contributed by atoms with Gasteiger partial charge in [0.25, 0.3) is 0 Å². The van der Waals surface area contributed by atoms with Crippen LogP contribution in [0.4, 0.5) is 0 Å². The first-order valence-electron chi connectivity index (χ1n) is 4.36. The Morgan fingerprint density at radius 3 is 3.23 bits per heavy atom. The van der Waals surface area contributed by atoms with E-state index in [0.29, 0.717) is 6.10 Å². The van der Waals surface area contributed by atoms with Gasteiger partial charge in [-0.25, -0.2) is 0 Å². The lowest BCUT2D eigenvalue weighted by molar-refractivity contribution is -0.00944. The molecule has 0 bridgehead atoms. The van der Waals surface area contributed by atoms with Gasteiger partial charge in [-0.3, -0.25) is 4.98 Å². The summed E-state index contributed by atoms with van der Waals surface area (Å²) in [6.45, 7) is 2.19. The van der Waals surface area contributed by atoms with E-state index in [1.54, 1.807) is 11.3 Å². The maximum atomic E-state index is 6.01. The first kappa shape index (κ1) is 9.86. The molecule has 0 aliphatic carbocycles. The van der Waals surface area contributed by atoms with E-state index >= 15 is 0 Å². The molecule has 0 amide bonds. The van der Waals surface area contributed by atoms with Crippen LogP contribution in [0.25, 0.3) is 0 Å². The molecule has 1 aromatic heterocycles. The Labute approximate surface area is 95.9 Å². The van der Waals surface area contributed by atoms with E-state index < -0.39 is 0 Å². The highest BCUT2D eigenvalue weighted by atomic mass is 127. The summed E-state index contributed by atoms with van der Waals surface area (Å²) >= 11 is 4.09. The Balaban J connectivity index is 2.07. The van der Waals surface area contributed by atoms with Crippen LogP contribution < -0.4 is 0 Å². The summed E-state index contributed by atoms with van der Waals surface area (Å²) in [6.07, 6.45) is 4.53. The van der Waals surface area contributed by atoms with Crippen LogP contribution in [-0.2, 0) is 4.74 Å². The fourth-order valence-corrected chi connectivity index (χ4v) is 2.83. The minimum atomic E-state index is 0.0925. The van der Waals surface area contributed by atoms with Gasteiger partial charge in [0.05, 0.1) is 22.1 Å². The van der Waals surface area contributed by atoms with E-state index in [2.05, 4.69) is 34.5 Å². The highest BCUT2D eigenvalue weighted by Gasteiger charge is 2.36. The lowest BCUT2D eigenvalue weighted by Gasteiger charge is -2.21. The molecule has 0 saturated carbocycles. The van der Waals surface area contributed by atoms with Gasteiger partial charge < -0.3 is 4.74 Å². The van der Waals surface area contributed by atoms with Gasteiger partial charge in [-0.05, 0) is 19.8 Å². The van der Waals surface area contributed by atoms with Crippen LogP contribution in [0, 0.1) is 0 Å². The molecular weight excluding hydrogens is 297 g/mol. The smallest absolute Gasteiger partial charge is 0.0941 e. The number of ether oxygens (including phenoxy) is 1. The molecule has 1 aromatic rings. The average Bonchev–Trinajstić information content (AvgIpc) is 2.73. The Morgan fingerprint density at radius 1 is 1.85 bits per heavy atom. The predicted molar refractivity (Wildman–Crippen MR) is 62.5 cm³/mol.